The quantitative estimate of drug-likeness (QED) is 0.638. The molecular weight excluding hydrogens is 184 g/mol. The molecule has 0 amide bonds. The van der Waals surface area contributed by atoms with Crippen molar-refractivity contribution in [2.75, 3.05) is 6.07 Å². The van der Waals surface area contributed by atoms with Crippen LogP contribution >= 0.6 is 11.6 Å². The number of hydrogen-bond donors (Lipinski definition) is 0. The van der Waals surface area contributed by atoms with Gasteiger partial charge in [-0.3, -0.25) is 0 Å². The smallest absolute Gasteiger partial charge is 0.121 e. The van der Waals surface area contributed by atoms with Crippen LogP contribution in [0.25, 0.3) is 0 Å². The van der Waals surface area contributed by atoms with Gasteiger partial charge in [-0.15, -0.1) is 0 Å². The SMILES string of the molecule is CC(C)[C@@H]1CC[C@H](C)C[C@H]1OCCl. The molecule has 1 aliphatic carbocycles. The molecule has 1 fully saturated rings. The predicted octanol–water partition coefficient (Wildman–Crippen LogP) is 3.66. The minimum absolute atomic E-state index is 0.348. The van der Waals surface area contributed by atoms with E-state index >= 15 is 0 Å². The van der Waals surface area contributed by atoms with Crippen molar-refractivity contribution in [3.63, 3.8) is 0 Å². The third kappa shape index (κ3) is 3.14. The highest BCUT2D eigenvalue weighted by atomic mass is 35.5. The molecule has 13 heavy (non-hydrogen) atoms. The van der Waals surface area contributed by atoms with Crippen LogP contribution in [0, 0.1) is 17.8 Å². The van der Waals surface area contributed by atoms with E-state index in [1.54, 1.807) is 0 Å². The zero-order chi connectivity index (χ0) is 9.84. The number of ether oxygens (including phenoxy) is 1. The van der Waals surface area contributed by atoms with E-state index in [2.05, 4.69) is 20.8 Å². The molecule has 1 saturated carbocycles. The largest absolute Gasteiger partial charge is 0.362 e. The third-order valence-electron chi connectivity index (χ3n) is 3.24. The summed E-state index contributed by atoms with van der Waals surface area (Å²) in [5.41, 5.74) is 0. The average molecular weight is 205 g/mol. The fourth-order valence-electron chi connectivity index (χ4n) is 2.39. The lowest BCUT2D eigenvalue weighted by Crippen LogP contribution is -2.34. The standard InChI is InChI=1S/C11H21ClO/c1-8(2)10-5-4-9(3)6-11(10)13-7-12/h8-11H,4-7H2,1-3H3/t9-,10-,11+/m0/s1. The van der Waals surface area contributed by atoms with Crippen molar-refractivity contribution < 1.29 is 4.74 Å². The van der Waals surface area contributed by atoms with Gasteiger partial charge >= 0.3 is 0 Å². The lowest BCUT2D eigenvalue weighted by Gasteiger charge is -2.36. The van der Waals surface area contributed by atoms with Crippen molar-refractivity contribution in [3.8, 4) is 0 Å². The Bertz CT molecular complexity index is 147. The Hall–Kier alpha value is 0.250. The second-order valence-electron chi connectivity index (χ2n) is 4.64. The number of halogens is 1. The Labute approximate surface area is 86.8 Å². The van der Waals surface area contributed by atoms with Gasteiger partial charge in [0.1, 0.15) is 6.07 Å². The highest BCUT2D eigenvalue weighted by Gasteiger charge is 2.30. The maximum atomic E-state index is 5.63. The van der Waals surface area contributed by atoms with Crippen LogP contribution in [-0.4, -0.2) is 12.2 Å². The Morgan fingerprint density at radius 1 is 1.38 bits per heavy atom. The van der Waals surface area contributed by atoms with E-state index in [0.29, 0.717) is 12.2 Å². The van der Waals surface area contributed by atoms with Crippen LogP contribution in [-0.2, 0) is 4.74 Å². The summed E-state index contributed by atoms with van der Waals surface area (Å²) in [6.45, 7) is 6.87. The summed E-state index contributed by atoms with van der Waals surface area (Å²) in [6, 6.07) is 0.348. The number of alkyl halides is 1. The molecular formula is C11H21ClO. The van der Waals surface area contributed by atoms with Crippen molar-refractivity contribution in [1.82, 2.24) is 0 Å². The van der Waals surface area contributed by atoms with Crippen molar-refractivity contribution in [2.24, 2.45) is 17.8 Å². The third-order valence-corrected chi connectivity index (χ3v) is 3.36. The van der Waals surface area contributed by atoms with Gasteiger partial charge in [-0.2, -0.15) is 0 Å². The molecule has 0 bridgehead atoms. The number of rotatable bonds is 3. The summed E-state index contributed by atoms with van der Waals surface area (Å²) in [5, 5.41) is 0. The van der Waals surface area contributed by atoms with Gasteiger partial charge < -0.3 is 4.74 Å². The highest BCUT2D eigenvalue weighted by molar-refractivity contribution is 6.17. The Kier molecular flexibility index (Phi) is 4.54. The van der Waals surface area contributed by atoms with Crippen LogP contribution in [0.4, 0.5) is 0 Å². The van der Waals surface area contributed by atoms with Gasteiger partial charge in [-0.25, -0.2) is 0 Å². The molecule has 2 heteroatoms. The Balaban J connectivity index is 2.50. The summed E-state index contributed by atoms with van der Waals surface area (Å²) in [5.74, 6) is 2.25. The van der Waals surface area contributed by atoms with Crippen molar-refractivity contribution in [2.45, 2.75) is 46.1 Å². The summed E-state index contributed by atoms with van der Waals surface area (Å²) >= 11 is 5.63. The molecule has 0 aromatic rings. The topological polar surface area (TPSA) is 9.23 Å². The molecule has 1 rings (SSSR count). The summed E-state index contributed by atoms with van der Waals surface area (Å²) < 4.78 is 5.59. The molecule has 78 valence electrons. The molecule has 0 unspecified atom stereocenters. The summed E-state index contributed by atoms with van der Waals surface area (Å²) in [7, 11) is 0. The lowest BCUT2D eigenvalue weighted by molar-refractivity contribution is -0.0187. The second kappa shape index (κ2) is 5.21. The average Bonchev–Trinajstić information content (AvgIpc) is 2.04. The zero-order valence-corrected chi connectivity index (χ0v) is 9.68. The first-order chi connectivity index (χ1) is 6.15. The van der Waals surface area contributed by atoms with Crippen molar-refractivity contribution >= 4 is 11.6 Å². The maximum absolute atomic E-state index is 5.63. The summed E-state index contributed by atoms with van der Waals surface area (Å²) in [4.78, 5) is 0. The van der Waals surface area contributed by atoms with E-state index in [9.17, 15) is 0 Å². The zero-order valence-electron chi connectivity index (χ0n) is 8.92. The molecule has 0 N–H and O–H groups in total. The van der Waals surface area contributed by atoms with Gasteiger partial charge in [0.25, 0.3) is 0 Å². The first-order valence-corrected chi connectivity index (χ1v) is 5.86. The fourth-order valence-corrected chi connectivity index (χ4v) is 2.55. The van der Waals surface area contributed by atoms with Gasteiger partial charge in [0.2, 0.25) is 0 Å². The van der Waals surface area contributed by atoms with Crippen LogP contribution < -0.4 is 0 Å². The summed E-state index contributed by atoms with van der Waals surface area (Å²) in [6.07, 6.45) is 4.25. The highest BCUT2D eigenvalue weighted by Crippen LogP contribution is 2.35. The van der Waals surface area contributed by atoms with Crippen LogP contribution in [0.1, 0.15) is 40.0 Å². The Morgan fingerprint density at radius 3 is 2.62 bits per heavy atom. The molecule has 3 atom stereocenters. The predicted molar refractivity (Wildman–Crippen MR) is 56.9 cm³/mol. The lowest BCUT2D eigenvalue weighted by atomic mass is 9.75. The normalized spacial score (nSPS) is 35.3. The maximum Gasteiger partial charge on any atom is 0.121 e. The van der Waals surface area contributed by atoms with E-state index in [0.717, 1.165) is 17.8 Å². The molecule has 0 radical (unpaired) electrons. The van der Waals surface area contributed by atoms with E-state index in [-0.39, 0.29) is 0 Å². The Morgan fingerprint density at radius 2 is 2.08 bits per heavy atom. The van der Waals surface area contributed by atoms with Gasteiger partial charge in [-0.05, 0) is 30.6 Å². The van der Waals surface area contributed by atoms with Gasteiger partial charge in [0.05, 0.1) is 6.10 Å². The van der Waals surface area contributed by atoms with E-state index in [1.165, 1.54) is 19.3 Å². The molecule has 0 aromatic heterocycles. The van der Waals surface area contributed by atoms with Gasteiger partial charge in [0, 0.05) is 0 Å². The molecule has 0 aliphatic heterocycles. The van der Waals surface area contributed by atoms with Crippen LogP contribution in [0.15, 0.2) is 0 Å². The molecule has 0 spiro atoms. The number of hydrogen-bond acceptors (Lipinski definition) is 1. The van der Waals surface area contributed by atoms with E-state index < -0.39 is 0 Å². The molecule has 0 aromatic carbocycles. The van der Waals surface area contributed by atoms with Crippen LogP contribution in [0.5, 0.6) is 0 Å². The van der Waals surface area contributed by atoms with Gasteiger partial charge in [-0.1, -0.05) is 38.8 Å². The van der Waals surface area contributed by atoms with Crippen molar-refractivity contribution in [1.29, 1.82) is 0 Å². The fraction of sp³-hybridized carbons (Fsp3) is 1.00. The molecule has 0 heterocycles. The van der Waals surface area contributed by atoms with Crippen LogP contribution in [0.3, 0.4) is 0 Å². The first-order valence-electron chi connectivity index (χ1n) is 5.32. The minimum Gasteiger partial charge on any atom is -0.362 e. The molecule has 0 saturated heterocycles. The monoisotopic (exact) mass is 204 g/mol. The second-order valence-corrected chi connectivity index (χ2v) is 4.86. The van der Waals surface area contributed by atoms with E-state index in [1.807, 2.05) is 0 Å². The van der Waals surface area contributed by atoms with E-state index in [4.69, 9.17) is 16.3 Å². The van der Waals surface area contributed by atoms with Gasteiger partial charge in [0.15, 0.2) is 0 Å². The molecule has 1 aliphatic rings. The minimum atomic E-state index is 0.348. The van der Waals surface area contributed by atoms with Crippen LogP contribution in [0.2, 0.25) is 0 Å². The van der Waals surface area contributed by atoms with Crippen molar-refractivity contribution in [3.05, 3.63) is 0 Å². The molecule has 1 nitrogen and oxygen atoms in total. The first kappa shape index (κ1) is 11.3.